The van der Waals surface area contributed by atoms with Gasteiger partial charge in [0.2, 0.25) is 0 Å². The lowest BCUT2D eigenvalue weighted by molar-refractivity contribution is 1.26. The molecule has 0 fully saturated rings. The van der Waals surface area contributed by atoms with Crippen LogP contribution in [0.5, 0.6) is 0 Å². The summed E-state index contributed by atoms with van der Waals surface area (Å²) in [6.45, 7) is 0. The van der Waals surface area contributed by atoms with E-state index in [1.54, 1.807) is 18.5 Å². The molecule has 0 amide bonds. The molecule has 1 aromatic carbocycles. The first-order valence-electron chi connectivity index (χ1n) is 5.83. The first-order chi connectivity index (χ1) is 9.36. The van der Waals surface area contributed by atoms with E-state index < -0.39 is 0 Å². The monoisotopic (exact) mass is 246 g/mol. The summed E-state index contributed by atoms with van der Waals surface area (Å²) in [5, 5.41) is 14.3. The third-order valence-electron chi connectivity index (χ3n) is 2.83. The average Bonchev–Trinajstić information content (AvgIpc) is 2.48. The molecule has 4 heteroatoms. The zero-order chi connectivity index (χ0) is 13.1. The van der Waals surface area contributed by atoms with Crippen molar-refractivity contribution in [3.8, 4) is 6.07 Å². The molecule has 0 aliphatic carbocycles. The number of rotatable bonds is 2. The molecule has 2 heterocycles. The maximum atomic E-state index is 8.85. The highest BCUT2D eigenvalue weighted by molar-refractivity contribution is 5.94. The van der Waals surface area contributed by atoms with E-state index in [-0.39, 0.29) is 0 Å². The SMILES string of the molecule is N#Cc1cc(Nc2cccc3cnccc23)ccn1. The molecule has 0 saturated heterocycles. The van der Waals surface area contributed by atoms with Crippen molar-refractivity contribution >= 4 is 22.1 Å². The number of nitrogens with one attached hydrogen (secondary N) is 1. The van der Waals surface area contributed by atoms with Gasteiger partial charge in [0.15, 0.2) is 0 Å². The number of pyridine rings is 2. The lowest BCUT2D eigenvalue weighted by Gasteiger charge is -2.09. The van der Waals surface area contributed by atoms with Gasteiger partial charge in [0.25, 0.3) is 0 Å². The lowest BCUT2D eigenvalue weighted by atomic mass is 10.1. The van der Waals surface area contributed by atoms with E-state index >= 15 is 0 Å². The van der Waals surface area contributed by atoms with Crippen molar-refractivity contribution in [3.05, 3.63) is 60.7 Å². The number of benzene rings is 1. The Hall–Kier alpha value is -2.93. The van der Waals surface area contributed by atoms with Crippen LogP contribution in [0.15, 0.2) is 55.0 Å². The molecule has 0 bridgehead atoms. The first-order valence-corrected chi connectivity index (χ1v) is 5.83. The molecule has 2 aromatic heterocycles. The van der Waals surface area contributed by atoms with Crippen molar-refractivity contribution in [2.45, 2.75) is 0 Å². The number of hydrogen-bond acceptors (Lipinski definition) is 4. The molecule has 0 aliphatic rings. The Labute approximate surface area is 110 Å². The highest BCUT2D eigenvalue weighted by atomic mass is 14.9. The van der Waals surface area contributed by atoms with E-state index in [1.165, 1.54) is 0 Å². The predicted molar refractivity (Wildman–Crippen MR) is 74.0 cm³/mol. The van der Waals surface area contributed by atoms with Crippen LogP contribution in [-0.2, 0) is 0 Å². The highest BCUT2D eigenvalue weighted by Gasteiger charge is 2.02. The summed E-state index contributed by atoms with van der Waals surface area (Å²) in [5.74, 6) is 0. The van der Waals surface area contributed by atoms with Gasteiger partial charge in [-0.3, -0.25) is 4.98 Å². The van der Waals surface area contributed by atoms with Gasteiger partial charge in [-0.25, -0.2) is 4.98 Å². The van der Waals surface area contributed by atoms with Crippen molar-refractivity contribution < 1.29 is 0 Å². The molecule has 90 valence electrons. The van der Waals surface area contributed by atoms with Crippen molar-refractivity contribution in [1.82, 2.24) is 9.97 Å². The topological polar surface area (TPSA) is 61.6 Å². The molecule has 19 heavy (non-hydrogen) atoms. The van der Waals surface area contributed by atoms with Crippen LogP contribution in [0.25, 0.3) is 10.8 Å². The minimum absolute atomic E-state index is 0.395. The highest BCUT2D eigenvalue weighted by Crippen LogP contribution is 2.25. The van der Waals surface area contributed by atoms with Crippen LogP contribution < -0.4 is 5.32 Å². The molecule has 3 rings (SSSR count). The van der Waals surface area contributed by atoms with Crippen LogP contribution in [0.4, 0.5) is 11.4 Å². The van der Waals surface area contributed by atoms with Crippen molar-refractivity contribution in [3.63, 3.8) is 0 Å². The summed E-state index contributed by atoms with van der Waals surface area (Å²) in [6, 6.07) is 13.5. The largest absolute Gasteiger partial charge is 0.355 e. The molecule has 0 radical (unpaired) electrons. The standard InChI is InChI=1S/C15H10N4/c16-9-13-8-12(4-7-18-13)19-15-3-1-2-11-10-17-6-5-14(11)15/h1-8,10H,(H,18,19). The third kappa shape index (κ3) is 2.22. The van der Waals surface area contributed by atoms with Crippen molar-refractivity contribution in [2.24, 2.45) is 0 Å². The number of fused-ring (bicyclic) bond motifs is 1. The summed E-state index contributed by atoms with van der Waals surface area (Å²) in [5.41, 5.74) is 2.22. The minimum Gasteiger partial charge on any atom is -0.355 e. The van der Waals surface area contributed by atoms with Gasteiger partial charge in [0, 0.05) is 40.7 Å². The second-order valence-corrected chi connectivity index (χ2v) is 4.07. The summed E-state index contributed by atoms with van der Waals surface area (Å²) >= 11 is 0. The van der Waals surface area contributed by atoms with Crippen LogP contribution in [0.2, 0.25) is 0 Å². The molecule has 0 atom stereocenters. The van der Waals surface area contributed by atoms with E-state index in [4.69, 9.17) is 5.26 Å². The van der Waals surface area contributed by atoms with E-state index in [2.05, 4.69) is 15.3 Å². The third-order valence-corrected chi connectivity index (χ3v) is 2.83. The van der Waals surface area contributed by atoms with Crippen LogP contribution in [0.3, 0.4) is 0 Å². The summed E-state index contributed by atoms with van der Waals surface area (Å²) in [4.78, 5) is 8.06. The molecule has 0 unspecified atom stereocenters. The Morgan fingerprint density at radius 2 is 2.05 bits per heavy atom. The van der Waals surface area contributed by atoms with Crippen LogP contribution >= 0.6 is 0 Å². The summed E-state index contributed by atoms with van der Waals surface area (Å²) in [7, 11) is 0. The van der Waals surface area contributed by atoms with Gasteiger partial charge in [-0.05, 0) is 24.3 Å². The van der Waals surface area contributed by atoms with Gasteiger partial charge in [0.1, 0.15) is 11.8 Å². The molecule has 0 spiro atoms. The number of aromatic nitrogens is 2. The van der Waals surface area contributed by atoms with Crippen LogP contribution in [0, 0.1) is 11.3 Å². The summed E-state index contributed by atoms with van der Waals surface area (Å²) in [6.07, 6.45) is 5.21. The number of nitrogens with zero attached hydrogens (tertiary/aromatic N) is 3. The van der Waals surface area contributed by atoms with Gasteiger partial charge in [0.05, 0.1) is 0 Å². The van der Waals surface area contributed by atoms with Gasteiger partial charge in [-0.15, -0.1) is 0 Å². The second kappa shape index (κ2) is 4.75. The van der Waals surface area contributed by atoms with Gasteiger partial charge in [-0.1, -0.05) is 12.1 Å². The van der Waals surface area contributed by atoms with Crippen molar-refractivity contribution in [1.29, 1.82) is 5.26 Å². The normalized spacial score (nSPS) is 10.1. The predicted octanol–water partition coefficient (Wildman–Crippen LogP) is 3.25. The minimum atomic E-state index is 0.395. The Bertz CT molecular complexity index is 769. The molecular weight excluding hydrogens is 236 g/mol. The number of hydrogen-bond donors (Lipinski definition) is 1. The van der Waals surface area contributed by atoms with Crippen LogP contribution in [-0.4, -0.2) is 9.97 Å². The van der Waals surface area contributed by atoms with Crippen molar-refractivity contribution in [2.75, 3.05) is 5.32 Å². The maximum Gasteiger partial charge on any atom is 0.142 e. The first kappa shape index (κ1) is 11.2. The fourth-order valence-electron chi connectivity index (χ4n) is 1.96. The summed E-state index contributed by atoms with van der Waals surface area (Å²) < 4.78 is 0. The zero-order valence-corrected chi connectivity index (χ0v) is 10.0. The number of anilines is 2. The molecule has 0 aliphatic heterocycles. The van der Waals surface area contributed by atoms with Crippen LogP contribution in [0.1, 0.15) is 5.69 Å². The lowest BCUT2D eigenvalue weighted by Crippen LogP contribution is -1.93. The number of nitriles is 1. The Morgan fingerprint density at radius 3 is 2.95 bits per heavy atom. The second-order valence-electron chi connectivity index (χ2n) is 4.07. The van der Waals surface area contributed by atoms with E-state index in [0.29, 0.717) is 5.69 Å². The molecule has 1 N–H and O–H groups in total. The average molecular weight is 246 g/mol. The fourth-order valence-corrected chi connectivity index (χ4v) is 1.96. The Balaban J connectivity index is 2.04. The Kier molecular flexibility index (Phi) is 2.79. The van der Waals surface area contributed by atoms with Gasteiger partial charge < -0.3 is 5.32 Å². The molecular formula is C15H10N4. The Morgan fingerprint density at radius 1 is 1.11 bits per heavy atom. The maximum absolute atomic E-state index is 8.85. The smallest absolute Gasteiger partial charge is 0.142 e. The molecule has 4 nitrogen and oxygen atoms in total. The van der Waals surface area contributed by atoms with Gasteiger partial charge >= 0.3 is 0 Å². The van der Waals surface area contributed by atoms with E-state index in [0.717, 1.165) is 22.1 Å². The molecule has 0 saturated carbocycles. The fraction of sp³-hybridized carbons (Fsp3) is 0. The van der Waals surface area contributed by atoms with E-state index in [1.807, 2.05) is 42.6 Å². The van der Waals surface area contributed by atoms with Gasteiger partial charge in [-0.2, -0.15) is 5.26 Å². The van der Waals surface area contributed by atoms with E-state index in [9.17, 15) is 0 Å². The zero-order valence-electron chi connectivity index (χ0n) is 10.0. The quantitative estimate of drug-likeness (QED) is 0.754. The molecule has 3 aromatic rings.